The first-order valence-corrected chi connectivity index (χ1v) is 12.5. The van der Waals surface area contributed by atoms with Crippen molar-refractivity contribution in [2.24, 2.45) is 0 Å². The maximum atomic E-state index is 12.4. The number of hydrogen-bond acceptors (Lipinski definition) is 9. The van der Waals surface area contributed by atoms with Crippen LogP contribution in [0.4, 0.5) is 10.6 Å². The molecule has 3 aliphatic heterocycles. The Balaban J connectivity index is 0.000000466. The molecular weight excluding hydrogens is 446 g/mol. The van der Waals surface area contributed by atoms with E-state index >= 15 is 0 Å². The van der Waals surface area contributed by atoms with Gasteiger partial charge in [0.05, 0.1) is 32.0 Å². The second-order valence-electron chi connectivity index (χ2n) is 9.27. The Bertz CT molecular complexity index is 809. The number of hydrogen-bond donors (Lipinski definition) is 1. The molecule has 10 heteroatoms. The Morgan fingerprint density at radius 2 is 1.63 bits per heavy atom. The summed E-state index contributed by atoms with van der Waals surface area (Å²) in [7, 11) is 3.73. The average Bonchev–Trinajstić information content (AvgIpc) is 3.49. The van der Waals surface area contributed by atoms with Gasteiger partial charge in [0.15, 0.2) is 0 Å². The topological polar surface area (TPSA) is 107 Å². The molecule has 2 saturated heterocycles. The fourth-order valence-electron chi connectivity index (χ4n) is 3.78. The quantitative estimate of drug-likeness (QED) is 0.666. The third kappa shape index (κ3) is 10.2. The van der Waals surface area contributed by atoms with Gasteiger partial charge in [0.2, 0.25) is 0 Å². The molecule has 4 rings (SSSR count). The van der Waals surface area contributed by atoms with E-state index in [2.05, 4.69) is 32.1 Å². The molecule has 10 nitrogen and oxygen atoms in total. The average molecular weight is 492 g/mol. The molecule has 1 aromatic heterocycles. The minimum atomic E-state index is -0.517. The van der Waals surface area contributed by atoms with E-state index in [1.54, 1.807) is 18.1 Å². The molecule has 4 heterocycles. The third-order valence-electron chi connectivity index (χ3n) is 5.32. The molecule has 0 aliphatic carbocycles. The van der Waals surface area contributed by atoms with Gasteiger partial charge in [-0.2, -0.15) is 15.2 Å². The Hall–Kier alpha value is -2.64. The van der Waals surface area contributed by atoms with E-state index in [0.717, 1.165) is 43.3 Å². The van der Waals surface area contributed by atoms with Crippen LogP contribution in [0.5, 0.6) is 6.01 Å². The van der Waals surface area contributed by atoms with Crippen LogP contribution in [0.15, 0.2) is 0 Å². The summed E-state index contributed by atoms with van der Waals surface area (Å²) in [6.45, 7) is 18.1. The zero-order valence-electron chi connectivity index (χ0n) is 23.0. The van der Waals surface area contributed by atoms with Crippen molar-refractivity contribution in [1.29, 1.82) is 5.26 Å². The molecule has 1 N–H and O–H groups in total. The van der Waals surface area contributed by atoms with Crippen molar-refractivity contribution in [1.82, 2.24) is 25.1 Å². The number of rotatable bonds is 2. The molecule has 0 aromatic carbocycles. The molecule has 0 spiro atoms. The minimum absolute atomic E-state index is 0.328. The summed E-state index contributed by atoms with van der Waals surface area (Å²) in [6.07, 6.45) is 2.50. The summed E-state index contributed by atoms with van der Waals surface area (Å²) in [5, 5.41) is 10.7. The number of carbonyl (C=O) groups is 1. The molecule has 0 saturated carbocycles. The van der Waals surface area contributed by atoms with Gasteiger partial charge in [-0.05, 0) is 53.8 Å². The van der Waals surface area contributed by atoms with Crippen LogP contribution in [0, 0.1) is 11.3 Å². The Morgan fingerprint density at radius 1 is 1.06 bits per heavy atom. The predicted molar refractivity (Wildman–Crippen MR) is 139 cm³/mol. The lowest BCUT2D eigenvalue weighted by atomic mass is 10.2. The standard InChI is InChI=1S/C16H25N5O3.C5H11N.C2H3N.C2H6/c1-16(2,3)24-15(22)21-9-11-12(10-21)18-14(23-4)19-13(11)20-7-5-17-6-8-20;1-6-4-2-3-5-6;1-2-3;1-2/h17H,5-10H2,1-4H3;2-5H2,1H3;1H3;1-2H3. The van der Waals surface area contributed by atoms with Crippen LogP contribution in [0.3, 0.4) is 0 Å². The van der Waals surface area contributed by atoms with E-state index in [-0.39, 0.29) is 6.09 Å². The summed E-state index contributed by atoms with van der Waals surface area (Å²) in [6, 6.07) is 2.09. The molecule has 0 unspecified atom stereocenters. The number of methoxy groups -OCH3 is 1. The van der Waals surface area contributed by atoms with Gasteiger partial charge in [0, 0.05) is 38.7 Å². The van der Waals surface area contributed by atoms with E-state index in [1.807, 2.05) is 34.6 Å². The smallest absolute Gasteiger partial charge is 0.410 e. The lowest BCUT2D eigenvalue weighted by Gasteiger charge is -2.30. The van der Waals surface area contributed by atoms with Crippen molar-refractivity contribution >= 4 is 11.9 Å². The number of likely N-dealkylation sites (tertiary alicyclic amines) is 1. The van der Waals surface area contributed by atoms with E-state index in [1.165, 1.54) is 32.9 Å². The number of nitrogens with zero attached hydrogens (tertiary/aromatic N) is 6. The van der Waals surface area contributed by atoms with Crippen molar-refractivity contribution in [2.75, 3.05) is 58.3 Å². The number of carbonyl (C=O) groups excluding carboxylic acids is 1. The number of nitriles is 1. The number of fused-ring (bicyclic) bond motifs is 1. The molecular formula is C25H45N7O3. The highest BCUT2D eigenvalue weighted by molar-refractivity contribution is 5.70. The van der Waals surface area contributed by atoms with Crippen LogP contribution < -0.4 is 15.0 Å². The molecule has 198 valence electrons. The largest absolute Gasteiger partial charge is 0.467 e. The normalized spacial score (nSPS) is 16.9. The van der Waals surface area contributed by atoms with Crippen molar-refractivity contribution in [3.05, 3.63) is 11.3 Å². The first-order chi connectivity index (χ1) is 16.7. The lowest BCUT2D eigenvalue weighted by Crippen LogP contribution is -2.44. The number of piperazine rings is 1. The van der Waals surface area contributed by atoms with Gasteiger partial charge >= 0.3 is 12.1 Å². The summed E-state index contributed by atoms with van der Waals surface area (Å²) < 4.78 is 10.7. The predicted octanol–water partition coefficient (Wildman–Crippen LogP) is 3.41. The zero-order chi connectivity index (χ0) is 26.4. The molecule has 1 aromatic rings. The molecule has 0 atom stereocenters. The maximum Gasteiger partial charge on any atom is 0.410 e. The van der Waals surface area contributed by atoms with Gasteiger partial charge in [-0.25, -0.2) is 4.79 Å². The summed E-state index contributed by atoms with van der Waals surface area (Å²) in [5.74, 6) is 0.865. The lowest BCUT2D eigenvalue weighted by molar-refractivity contribution is 0.0240. The fourth-order valence-corrected chi connectivity index (χ4v) is 3.78. The Labute approximate surface area is 211 Å². The first-order valence-electron chi connectivity index (χ1n) is 12.5. The molecule has 35 heavy (non-hydrogen) atoms. The summed E-state index contributed by atoms with van der Waals surface area (Å²) in [4.78, 5) is 27.6. The van der Waals surface area contributed by atoms with Crippen molar-refractivity contribution in [2.45, 2.75) is 73.1 Å². The van der Waals surface area contributed by atoms with Gasteiger partial charge in [-0.15, -0.1) is 0 Å². The number of nitrogens with one attached hydrogen (secondary N) is 1. The maximum absolute atomic E-state index is 12.4. The summed E-state index contributed by atoms with van der Waals surface area (Å²) >= 11 is 0. The molecule has 3 aliphatic rings. The van der Waals surface area contributed by atoms with Gasteiger partial charge in [0.25, 0.3) is 0 Å². The Kier molecular flexibility index (Phi) is 13.3. The number of amides is 1. The Morgan fingerprint density at radius 3 is 2.09 bits per heavy atom. The molecule has 0 radical (unpaired) electrons. The highest BCUT2D eigenvalue weighted by Gasteiger charge is 2.33. The van der Waals surface area contributed by atoms with Gasteiger partial charge in [-0.3, -0.25) is 4.90 Å². The van der Waals surface area contributed by atoms with Crippen LogP contribution in [0.2, 0.25) is 0 Å². The molecule has 0 bridgehead atoms. The zero-order valence-corrected chi connectivity index (χ0v) is 23.0. The van der Waals surface area contributed by atoms with Crippen LogP contribution in [0.1, 0.15) is 65.6 Å². The highest BCUT2D eigenvalue weighted by Crippen LogP contribution is 2.32. The van der Waals surface area contributed by atoms with Gasteiger partial charge < -0.3 is 24.6 Å². The van der Waals surface area contributed by atoms with Crippen LogP contribution in [0.25, 0.3) is 0 Å². The monoisotopic (exact) mass is 491 g/mol. The van der Waals surface area contributed by atoms with Crippen LogP contribution in [-0.4, -0.2) is 84.9 Å². The summed E-state index contributed by atoms with van der Waals surface area (Å²) in [5.41, 5.74) is 1.31. The second kappa shape index (κ2) is 15.4. The second-order valence-corrected chi connectivity index (χ2v) is 9.27. The highest BCUT2D eigenvalue weighted by atomic mass is 16.6. The first kappa shape index (κ1) is 30.4. The van der Waals surface area contributed by atoms with Gasteiger partial charge in [0.1, 0.15) is 11.4 Å². The number of ether oxygens (including phenoxy) is 2. The van der Waals surface area contributed by atoms with Crippen LogP contribution >= 0.6 is 0 Å². The number of aromatic nitrogens is 2. The van der Waals surface area contributed by atoms with Crippen molar-refractivity contribution in [3.8, 4) is 12.1 Å². The molecule has 1 amide bonds. The van der Waals surface area contributed by atoms with E-state index in [9.17, 15) is 4.79 Å². The van der Waals surface area contributed by atoms with Gasteiger partial charge in [-0.1, -0.05) is 13.8 Å². The van der Waals surface area contributed by atoms with E-state index in [0.29, 0.717) is 19.1 Å². The third-order valence-corrected chi connectivity index (χ3v) is 5.32. The van der Waals surface area contributed by atoms with Crippen molar-refractivity contribution < 1.29 is 14.3 Å². The SMILES string of the molecule is CC.CC#N.CN1CCCC1.COc1nc2c(c(N3CCNCC3)n1)CN(C(=O)OC(C)(C)C)C2. The molecule has 2 fully saturated rings. The number of anilines is 1. The fraction of sp³-hybridized carbons (Fsp3) is 0.760. The van der Waals surface area contributed by atoms with Crippen molar-refractivity contribution in [3.63, 3.8) is 0 Å². The minimum Gasteiger partial charge on any atom is -0.467 e. The van der Waals surface area contributed by atoms with E-state index < -0.39 is 5.60 Å². The van der Waals surface area contributed by atoms with Crippen LogP contribution in [-0.2, 0) is 17.8 Å². The van der Waals surface area contributed by atoms with E-state index in [4.69, 9.17) is 14.7 Å².